The Morgan fingerprint density at radius 2 is 1.38 bits per heavy atom. The summed E-state index contributed by atoms with van der Waals surface area (Å²) < 4.78 is 75.7. The molecule has 258 valence electrons. The summed E-state index contributed by atoms with van der Waals surface area (Å²) in [7, 11) is -6.55. The number of amides is 1. The maximum absolute atomic E-state index is 14.1. The van der Waals surface area contributed by atoms with Gasteiger partial charge in [0.1, 0.15) is 10.6 Å². The van der Waals surface area contributed by atoms with Crippen LogP contribution in [0.4, 0.5) is 22.7 Å². The monoisotopic (exact) mass is 699 g/mol. The van der Waals surface area contributed by atoms with E-state index in [0.29, 0.717) is 82.8 Å². The summed E-state index contributed by atoms with van der Waals surface area (Å²) in [5.74, 6) is -0.208. The number of carbonyl (C=O) groups is 1. The molecule has 0 radical (unpaired) electrons. The van der Waals surface area contributed by atoms with Crippen molar-refractivity contribution in [3.05, 3.63) is 66.2 Å². The van der Waals surface area contributed by atoms with Crippen molar-refractivity contribution in [2.75, 3.05) is 92.6 Å². The predicted molar refractivity (Wildman–Crippen MR) is 183 cm³/mol. The van der Waals surface area contributed by atoms with Gasteiger partial charge in [0.2, 0.25) is 10.0 Å². The van der Waals surface area contributed by atoms with Gasteiger partial charge >= 0.3 is 0 Å². The van der Waals surface area contributed by atoms with Crippen LogP contribution in [0.25, 0.3) is 0 Å². The van der Waals surface area contributed by atoms with Crippen LogP contribution in [-0.2, 0) is 29.5 Å². The second kappa shape index (κ2) is 14.7. The van der Waals surface area contributed by atoms with E-state index in [9.17, 15) is 21.6 Å². The molecular formula is C33H41N5O8S2. The zero-order valence-electron chi connectivity index (χ0n) is 26.9. The zero-order chi connectivity index (χ0) is 33.7. The summed E-state index contributed by atoms with van der Waals surface area (Å²) in [6.07, 6.45) is 2.55. The molecule has 3 aromatic carbocycles. The highest BCUT2D eigenvalue weighted by Crippen LogP contribution is 2.34. The third-order valence-corrected chi connectivity index (χ3v) is 12.0. The van der Waals surface area contributed by atoms with E-state index < -0.39 is 26.0 Å². The normalized spacial score (nSPS) is 17.9. The third kappa shape index (κ3) is 7.39. The molecule has 48 heavy (non-hydrogen) atoms. The molecule has 3 aliphatic heterocycles. The lowest BCUT2D eigenvalue weighted by molar-refractivity contribution is 0.102. The van der Waals surface area contributed by atoms with E-state index in [-0.39, 0.29) is 26.7 Å². The smallest absolute Gasteiger partial charge is 0.264 e. The molecule has 1 amide bonds. The molecule has 0 unspecified atom stereocenters. The van der Waals surface area contributed by atoms with Crippen LogP contribution >= 0.6 is 0 Å². The maximum Gasteiger partial charge on any atom is 0.264 e. The number of nitrogens with one attached hydrogen (secondary N) is 2. The van der Waals surface area contributed by atoms with Gasteiger partial charge in [0, 0.05) is 50.6 Å². The molecule has 6 rings (SSSR count). The first-order valence-corrected chi connectivity index (χ1v) is 19.0. The topological polar surface area (TPSA) is 147 Å². The Balaban J connectivity index is 1.36. The van der Waals surface area contributed by atoms with Gasteiger partial charge in [0.05, 0.1) is 55.4 Å². The minimum atomic E-state index is -4.18. The fraction of sp³-hybridized carbons (Fsp3) is 0.424. The standard InChI is InChI=1S/C33H41N5O8S2/c1-44-31-8-4-3-7-28(31)35-47(40,41)32-23-25(9-11-30(32)37-17-21-46-22-18-37)34-33(39)27-24-26(48(42,43)38-13-5-2-6-14-38)10-12-29(27)36-15-19-45-20-16-36/h3-4,7-12,23-24,35H,2,5-6,13-22H2,1H3,(H,34,39). The fourth-order valence-corrected chi connectivity index (χ4v) is 9.06. The van der Waals surface area contributed by atoms with Crippen molar-refractivity contribution in [1.82, 2.24) is 4.31 Å². The zero-order valence-corrected chi connectivity index (χ0v) is 28.5. The van der Waals surface area contributed by atoms with E-state index in [1.165, 1.54) is 23.5 Å². The van der Waals surface area contributed by atoms with Crippen LogP contribution in [-0.4, -0.2) is 99.9 Å². The van der Waals surface area contributed by atoms with Crippen molar-refractivity contribution >= 4 is 48.7 Å². The molecule has 0 atom stereocenters. The van der Waals surface area contributed by atoms with Gasteiger partial charge in [-0.3, -0.25) is 9.52 Å². The van der Waals surface area contributed by atoms with E-state index in [0.717, 1.165) is 19.3 Å². The van der Waals surface area contributed by atoms with Gasteiger partial charge in [0.15, 0.2) is 0 Å². The Morgan fingerprint density at radius 3 is 2.04 bits per heavy atom. The van der Waals surface area contributed by atoms with Crippen LogP contribution in [0.2, 0.25) is 0 Å². The van der Waals surface area contributed by atoms with Crippen LogP contribution in [0.15, 0.2) is 70.5 Å². The number of piperidine rings is 1. The highest BCUT2D eigenvalue weighted by Gasteiger charge is 2.30. The summed E-state index contributed by atoms with van der Waals surface area (Å²) in [5.41, 5.74) is 1.70. The Morgan fingerprint density at radius 1 is 0.750 bits per heavy atom. The van der Waals surface area contributed by atoms with Crippen LogP contribution in [0, 0.1) is 0 Å². The molecule has 0 saturated carbocycles. The largest absolute Gasteiger partial charge is 0.495 e. The van der Waals surface area contributed by atoms with Gasteiger partial charge in [-0.1, -0.05) is 18.6 Å². The Labute approximate surface area is 281 Å². The SMILES string of the molecule is COc1ccccc1NS(=O)(=O)c1cc(NC(=O)c2cc(S(=O)(=O)N3CCCCC3)ccc2N2CCOCC2)ccc1N1CCOCC1. The van der Waals surface area contributed by atoms with Crippen LogP contribution in [0.1, 0.15) is 29.6 Å². The number of sulfonamides is 2. The van der Waals surface area contributed by atoms with Gasteiger partial charge in [-0.15, -0.1) is 0 Å². The van der Waals surface area contributed by atoms with E-state index in [1.807, 2.05) is 9.80 Å². The highest BCUT2D eigenvalue weighted by molar-refractivity contribution is 7.93. The van der Waals surface area contributed by atoms with Gasteiger partial charge in [-0.25, -0.2) is 16.8 Å². The lowest BCUT2D eigenvalue weighted by atomic mass is 10.1. The minimum absolute atomic E-state index is 0.0389. The second-order valence-electron chi connectivity index (χ2n) is 11.8. The van der Waals surface area contributed by atoms with Crippen molar-refractivity contribution in [2.45, 2.75) is 29.1 Å². The molecule has 0 aromatic heterocycles. The molecule has 0 bridgehead atoms. The van der Waals surface area contributed by atoms with Gasteiger partial charge in [-0.05, 0) is 61.4 Å². The first kappa shape index (κ1) is 34.0. The van der Waals surface area contributed by atoms with E-state index in [2.05, 4.69) is 10.0 Å². The molecular weight excluding hydrogens is 659 g/mol. The average molecular weight is 700 g/mol. The summed E-state index contributed by atoms with van der Waals surface area (Å²) in [4.78, 5) is 18.0. The molecule has 3 saturated heterocycles. The molecule has 13 nitrogen and oxygen atoms in total. The summed E-state index contributed by atoms with van der Waals surface area (Å²) in [5, 5.41) is 2.86. The number of carbonyl (C=O) groups excluding carboxylic acids is 1. The number of benzene rings is 3. The summed E-state index contributed by atoms with van der Waals surface area (Å²) in [6, 6.07) is 16.1. The first-order chi connectivity index (χ1) is 23.2. The number of anilines is 4. The van der Waals surface area contributed by atoms with Crippen molar-refractivity contribution in [3.8, 4) is 5.75 Å². The second-order valence-corrected chi connectivity index (χ2v) is 15.4. The quantitative estimate of drug-likeness (QED) is 0.322. The summed E-state index contributed by atoms with van der Waals surface area (Å²) >= 11 is 0. The number of morpholine rings is 2. The molecule has 0 aliphatic carbocycles. The number of rotatable bonds is 10. The molecule has 3 fully saturated rings. The predicted octanol–water partition coefficient (Wildman–Crippen LogP) is 3.60. The van der Waals surface area contributed by atoms with Crippen molar-refractivity contribution < 1.29 is 35.8 Å². The van der Waals surface area contributed by atoms with Gasteiger partial charge in [0.25, 0.3) is 15.9 Å². The molecule has 3 aromatic rings. The maximum atomic E-state index is 14.1. The van der Waals surface area contributed by atoms with E-state index >= 15 is 0 Å². The molecule has 0 spiro atoms. The van der Waals surface area contributed by atoms with Crippen molar-refractivity contribution in [3.63, 3.8) is 0 Å². The number of methoxy groups -OCH3 is 1. The number of ether oxygens (including phenoxy) is 3. The molecule has 3 aliphatic rings. The lowest BCUT2D eigenvalue weighted by Crippen LogP contribution is -2.38. The minimum Gasteiger partial charge on any atom is -0.495 e. The number of para-hydroxylation sites is 2. The lowest BCUT2D eigenvalue weighted by Gasteiger charge is -2.31. The van der Waals surface area contributed by atoms with Crippen LogP contribution in [0.5, 0.6) is 5.75 Å². The van der Waals surface area contributed by atoms with Crippen LogP contribution < -0.4 is 24.6 Å². The van der Waals surface area contributed by atoms with Crippen LogP contribution in [0.3, 0.4) is 0 Å². The average Bonchev–Trinajstić information content (AvgIpc) is 3.12. The van der Waals surface area contributed by atoms with Crippen molar-refractivity contribution in [1.29, 1.82) is 0 Å². The Bertz CT molecular complexity index is 1840. The van der Waals surface area contributed by atoms with Gasteiger partial charge in [-0.2, -0.15) is 4.31 Å². The molecule has 3 heterocycles. The Hall–Kier alpha value is -3.89. The third-order valence-electron chi connectivity index (χ3n) is 8.73. The van der Waals surface area contributed by atoms with Gasteiger partial charge < -0.3 is 29.3 Å². The number of nitrogens with zero attached hydrogens (tertiary/aromatic N) is 3. The van der Waals surface area contributed by atoms with Crippen molar-refractivity contribution in [2.24, 2.45) is 0 Å². The Kier molecular flexibility index (Phi) is 10.4. The molecule has 2 N–H and O–H groups in total. The number of hydrogen-bond donors (Lipinski definition) is 2. The first-order valence-electron chi connectivity index (χ1n) is 16.1. The summed E-state index contributed by atoms with van der Waals surface area (Å²) in [6.45, 7) is 4.74. The molecule has 15 heteroatoms. The van der Waals surface area contributed by atoms with E-state index in [4.69, 9.17) is 14.2 Å². The van der Waals surface area contributed by atoms with E-state index in [1.54, 1.807) is 48.5 Å². The number of hydrogen-bond acceptors (Lipinski definition) is 10. The highest BCUT2D eigenvalue weighted by atomic mass is 32.2. The fourth-order valence-electron chi connectivity index (χ4n) is 6.19.